The minimum atomic E-state index is 0.182. The molecule has 0 bridgehead atoms. The molecule has 2 aromatic rings. The minimum absolute atomic E-state index is 0.182. The maximum atomic E-state index is 3.73. The molecular formula is C24H34IN3. The van der Waals surface area contributed by atoms with Crippen LogP contribution in [0.1, 0.15) is 38.2 Å². The summed E-state index contributed by atoms with van der Waals surface area (Å²) in [7, 11) is 4.48. The van der Waals surface area contributed by atoms with Gasteiger partial charge in [0.15, 0.2) is 0 Å². The number of alkyl halides is 1. The van der Waals surface area contributed by atoms with Gasteiger partial charge in [-0.05, 0) is 62.9 Å². The fourth-order valence-electron chi connectivity index (χ4n) is 4.45. The number of hydrogen-bond acceptors (Lipinski definition) is 3. The van der Waals surface area contributed by atoms with Crippen molar-refractivity contribution < 1.29 is 0 Å². The first-order valence-electron chi connectivity index (χ1n) is 10.3. The van der Waals surface area contributed by atoms with E-state index in [1.807, 2.05) is 0 Å². The van der Waals surface area contributed by atoms with E-state index in [4.69, 9.17) is 0 Å². The lowest BCUT2D eigenvalue weighted by atomic mass is 9.65. The molecule has 1 aliphatic carbocycles. The molecule has 1 aliphatic rings. The molecule has 1 fully saturated rings. The van der Waals surface area contributed by atoms with Crippen LogP contribution in [0.5, 0.6) is 0 Å². The number of rotatable bonds is 8. The van der Waals surface area contributed by atoms with Crippen molar-refractivity contribution in [2.24, 2.45) is 5.41 Å². The number of nitrogens with one attached hydrogen (secondary N) is 2. The zero-order valence-corrected chi connectivity index (χ0v) is 19.6. The summed E-state index contributed by atoms with van der Waals surface area (Å²) in [5.74, 6) is 0. The van der Waals surface area contributed by atoms with Crippen molar-refractivity contribution in [3.8, 4) is 0 Å². The molecule has 0 aromatic heterocycles. The summed E-state index contributed by atoms with van der Waals surface area (Å²) >= 11 is 2.49. The lowest BCUT2D eigenvalue weighted by molar-refractivity contribution is 0.0427. The van der Waals surface area contributed by atoms with Gasteiger partial charge in [0, 0.05) is 24.3 Å². The first-order chi connectivity index (χ1) is 13.4. The van der Waals surface area contributed by atoms with Crippen LogP contribution in [-0.2, 0) is 5.54 Å². The zero-order chi connectivity index (χ0) is 20.0. The van der Waals surface area contributed by atoms with Crippen molar-refractivity contribution in [1.82, 2.24) is 10.2 Å². The van der Waals surface area contributed by atoms with E-state index in [1.54, 1.807) is 0 Å². The van der Waals surface area contributed by atoms with E-state index < -0.39 is 0 Å². The Morgan fingerprint density at radius 2 is 1.50 bits per heavy atom. The molecule has 2 N–H and O–H groups in total. The van der Waals surface area contributed by atoms with E-state index in [9.17, 15) is 0 Å². The summed E-state index contributed by atoms with van der Waals surface area (Å²) < 4.78 is 0.386. The van der Waals surface area contributed by atoms with Gasteiger partial charge in [-0.15, -0.1) is 0 Å². The molecule has 2 aromatic carbocycles. The molecule has 0 heterocycles. The number of para-hydroxylation sites is 1. The van der Waals surface area contributed by atoms with Crippen molar-refractivity contribution in [2.45, 2.75) is 42.2 Å². The summed E-state index contributed by atoms with van der Waals surface area (Å²) in [6.45, 7) is 4.52. The lowest BCUT2D eigenvalue weighted by Gasteiger charge is -2.49. The topological polar surface area (TPSA) is 27.3 Å². The molecule has 0 saturated heterocycles. The first-order valence-corrected chi connectivity index (χ1v) is 11.6. The molecule has 0 amide bonds. The van der Waals surface area contributed by atoms with Crippen molar-refractivity contribution in [3.05, 3.63) is 66.2 Å². The standard InChI is InChI=1S/C24H34IN3/c1-23(19-26-18-22(25)27-21-12-8-5-9-13-21)14-16-24(17-15-23,28(2)3)20-10-6-4-7-11-20/h4-13,22,26-27H,14-19H2,1-3H3. The number of hydrogen-bond donors (Lipinski definition) is 2. The maximum Gasteiger partial charge on any atom is 0.0906 e. The second-order valence-corrected chi connectivity index (χ2v) is 10.2. The van der Waals surface area contributed by atoms with Crippen LogP contribution >= 0.6 is 22.6 Å². The van der Waals surface area contributed by atoms with E-state index in [0.717, 1.165) is 13.1 Å². The third-order valence-corrected chi connectivity index (χ3v) is 7.18. The van der Waals surface area contributed by atoms with Gasteiger partial charge in [-0.1, -0.05) is 78.0 Å². The van der Waals surface area contributed by atoms with Gasteiger partial charge in [-0.2, -0.15) is 0 Å². The molecule has 28 heavy (non-hydrogen) atoms. The Labute approximate surface area is 184 Å². The molecule has 1 saturated carbocycles. The van der Waals surface area contributed by atoms with Gasteiger partial charge in [-0.3, -0.25) is 4.90 Å². The van der Waals surface area contributed by atoms with Crippen molar-refractivity contribution >= 4 is 28.3 Å². The van der Waals surface area contributed by atoms with Gasteiger partial charge in [-0.25, -0.2) is 0 Å². The summed E-state index contributed by atoms with van der Waals surface area (Å²) in [5, 5.41) is 7.29. The Morgan fingerprint density at radius 1 is 0.929 bits per heavy atom. The SMILES string of the molecule is CN(C)C1(c2ccccc2)CCC(C)(CNCC(I)Nc2ccccc2)CC1. The maximum absolute atomic E-state index is 3.73. The highest BCUT2D eigenvalue weighted by atomic mass is 127. The highest BCUT2D eigenvalue weighted by molar-refractivity contribution is 14.1. The van der Waals surface area contributed by atoms with Crippen molar-refractivity contribution in [3.63, 3.8) is 0 Å². The summed E-state index contributed by atoms with van der Waals surface area (Å²) in [6, 6.07) is 21.5. The Bertz CT molecular complexity index is 709. The van der Waals surface area contributed by atoms with E-state index >= 15 is 0 Å². The Balaban J connectivity index is 1.51. The van der Waals surface area contributed by atoms with Crippen molar-refractivity contribution in [2.75, 3.05) is 32.5 Å². The molecule has 152 valence electrons. The average molecular weight is 491 g/mol. The molecular weight excluding hydrogens is 457 g/mol. The second kappa shape index (κ2) is 9.59. The number of anilines is 1. The Kier molecular flexibility index (Phi) is 7.40. The van der Waals surface area contributed by atoms with Gasteiger partial charge in [0.05, 0.1) is 4.05 Å². The van der Waals surface area contributed by atoms with Crippen LogP contribution in [0.4, 0.5) is 5.69 Å². The number of nitrogens with zero attached hydrogens (tertiary/aromatic N) is 1. The van der Waals surface area contributed by atoms with Crippen LogP contribution in [0.25, 0.3) is 0 Å². The van der Waals surface area contributed by atoms with Gasteiger partial charge >= 0.3 is 0 Å². The lowest BCUT2D eigenvalue weighted by Crippen LogP contribution is -2.48. The molecule has 1 unspecified atom stereocenters. The third kappa shape index (κ3) is 5.28. The fraction of sp³-hybridized carbons (Fsp3) is 0.500. The monoisotopic (exact) mass is 491 g/mol. The predicted molar refractivity (Wildman–Crippen MR) is 129 cm³/mol. The summed E-state index contributed by atoms with van der Waals surface area (Å²) in [4.78, 5) is 2.44. The first kappa shape index (κ1) is 21.6. The molecule has 3 rings (SSSR count). The molecule has 0 radical (unpaired) electrons. The van der Waals surface area contributed by atoms with Crippen LogP contribution < -0.4 is 10.6 Å². The fourth-order valence-corrected chi connectivity index (χ4v) is 5.12. The Morgan fingerprint density at radius 3 is 2.07 bits per heavy atom. The Hall–Kier alpha value is -1.11. The van der Waals surface area contributed by atoms with Crippen molar-refractivity contribution in [1.29, 1.82) is 0 Å². The largest absolute Gasteiger partial charge is 0.372 e. The van der Waals surface area contributed by atoms with Crippen LogP contribution in [0.15, 0.2) is 60.7 Å². The highest BCUT2D eigenvalue weighted by Crippen LogP contribution is 2.47. The predicted octanol–water partition coefficient (Wildman–Crippen LogP) is 5.49. The van der Waals surface area contributed by atoms with E-state index in [-0.39, 0.29) is 5.54 Å². The van der Waals surface area contributed by atoms with Gasteiger partial charge in [0.25, 0.3) is 0 Å². The van der Waals surface area contributed by atoms with Gasteiger partial charge < -0.3 is 10.6 Å². The molecule has 0 aliphatic heterocycles. The highest BCUT2D eigenvalue weighted by Gasteiger charge is 2.42. The van der Waals surface area contributed by atoms with Crippen LogP contribution in [0.2, 0.25) is 0 Å². The van der Waals surface area contributed by atoms with E-state index in [2.05, 4.69) is 120 Å². The second-order valence-electron chi connectivity index (χ2n) is 8.71. The van der Waals surface area contributed by atoms with Gasteiger partial charge in [0.2, 0.25) is 0 Å². The molecule has 1 atom stereocenters. The third-order valence-electron chi connectivity index (χ3n) is 6.42. The van der Waals surface area contributed by atoms with Gasteiger partial charge in [0.1, 0.15) is 0 Å². The molecule has 3 nitrogen and oxygen atoms in total. The normalized spacial score (nSPS) is 26.2. The van der Waals surface area contributed by atoms with E-state index in [0.29, 0.717) is 9.46 Å². The quantitative estimate of drug-likeness (QED) is 0.291. The number of halogens is 1. The smallest absolute Gasteiger partial charge is 0.0906 e. The van der Waals surface area contributed by atoms with Crippen LogP contribution in [0, 0.1) is 5.41 Å². The summed E-state index contributed by atoms with van der Waals surface area (Å²) in [6.07, 6.45) is 4.95. The zero-order valence-electron chi connectivity index (χ0n) is 17.4. The average Bonchev–Trinajstić information content (AvgIpc) is 2.70. The molecule has 4 heteroatoms. The van der Waals surface area contributed by atoms with Crippen LogP contribution in [0.3, 0.4) is 0 Å². The minimum Gasteiger partial charge on any atom is -0.372 e. The van der Waals surface area contributed by atoms with E-state index in [1.165, 1.54) is 36.9 Å². The molecule has 0 spiro atoms. The number of benzene rings is 2. The summed E-state index contributed by atoms with van der Waals surface area (Å²) in [5.41, 5.74) is 3.21. The van der Waals surface area contributed by atoms with Crippen LogP contribution in [-0.4, -0.2) is 36.1 Å².